The van der Waals surface area contributed by atoms with E-state index in [1.807, 2.05) is 6.92 Å². The summed E-state index contributed by atoms with van der Waals surface area (Å²) in [5, 5.41) is 12.3. The van der Waals surface area contributed by atoms with E-state index in [0.717, 1.165) is 43.5 Å². The number of halogens is 1. The van der Waals surface area contributed by atoms with Gasteiger partial charge in [0.2, 0.25) is 0 Å². The molecule has 4 heterocycles. The van der Waals surface area contributed by atoms with Crippen molar-refractivity contribution < 1.29 is 19.0 Å². The zero-order chi connectivity index (χ0) is 18.9. The number of carbonyl (C=O) groups is 1. The van der Waals surface area contributed by atoms with Crippen molar-refractivity contribution in [2.45, 2.75) is 44.2 Å². The smallest absolute Gasteiger partial charge is 0.449 e. The lowest BCUT2D eigenvalue weighted by atomic mass is 10.0. The van der Waals surface area contributed by atoms with Crippen LogP contribution in [0.15, 0.2) is 17.1 Å². The molecule has 2 saturated heterocycles. The monoisotopic (exact) mass is 373 g/mol. The Balaban J connectivity index is 1.75. The molecule has 2 aliphatic heterocycles. The quantitative estimate of drug-likeness (QED) is 0.803. The first-order valence-corrected chi connectivity index (χ1v) is 9.23. The molecular formula is C19H20FN3O4. The molecule has 1 aliphatic carbocycles. The van der Waals surface area contributed by atoms with Crippen molar-refractivity contribution in [3.8, 4) is 5.75 Å². The number of hydrogen-bond donors (Lipinski definition) is 2. The Bertz CT molecular complexity index is 1030. The standard InChI is InChI=1S/C19H20FN3O4/c1-9-16-13(10-2-3-10)5-15(27-19(25)26)18(24)23(16)8-14(20)17(9)22-7-11-4-12(22)6-21-11/h5,8,10-12,21H,2-4,6-7H2,1H3,(H,25,26)/t11-,12-/m0/s1. The number of nitrogens with one attached hydrogen (secondary N) is 1. The summed E-state index contributed by atoms with van der Waals surface area (Å²) in [6.45, 7) is 3.43. The molecule has 2 aromatic rings. The summed E-state index contributed by atoms with van der Waals surface area (Å²) in [4.78, 5) is 25.7. The van der Waals surface area contributed by atoms with Crippen molar-refractivity contribution in [3.05, 3.63) is 39.6 Å². The van der Waals surface area contributed by atoms with Gasteiger partial charge >= 0.3 is 6.16 Å². The minimum absolute atomic E-state index is 0.241. The maximum atomic E-state index is 15.1. The molecule has 142 valence electrons. The fraction of sp³-hybridized carbons (Fsp3) is 0.474. The van der Waals surface area contributed by atoms with Gasteiger partial charge in [-0.25, -0.2) is 9.18 Å². The van der Waals surface area contributed by atoms with Gasteiger partial charge in [-0.3, -0.25) is 9.20 Å². The third kappa shape index (κ3) is 2.50. The summed E-state index contributed by atoms with van der Waals surface area (Å²) in [7, 11) is 0. The van der Waals surface area contributed by atoms with Crippen LogP contribution in [-0.4, -0.2) is 40.8 Å². The summed E-state index contributed by atoms with van der Waals surface area (Å²) in [5.74, 6) is -0.507. The zero-order valence-corrected chi connectivity index (χ0v) is 14.9. The van der Waals surface area contributed by atoms with Gasteiger partial charge in [-0.15, -0.1) is 0 Å². The van der Waals surface area contributed by atoms with Gasteiger partial charge in [0.1, 0.15) is 0 Å². The van der Waals surface area contributed by atoms with Crippen LogP contribution in [0.4, 0.5) is 14.9 Å². The Labute approximate surface area is 154 Å². The first-order valence-electron chi connectivity index (χ1n) is 9.23. The van der Waals surface area contributed by atoms with Crippen molar-refractivity contribution in [1.82, 2.24) is 9.72 Å². The molecule has 2 aromatic heterocycles. The van der Waals surface area contributed by atoms with Gasteiger partial charge in [0, 0.05) is 25.2 Å². The Kier molecular flexibility index (Phi) is 3.49. The number of ether oxygens (including phenoxy) is 1. The number of aromatic nitrogens is 1. The predicted molar refractivity (Wildman–Crippen MR) is 96.5 cm³/mol. The van der Waals surface area contributed by atoms with Gasteiger partial charge in [0.25, 0.3) is 5.56 Å². The highest BCUT2D eigenvalue weighted by Crippen LogP contribution is 2.45. The number of carboxylic acid groups (broad SMARTS) is 1. The molecule has 0 spiro atoms. The number of pyridine rings is 2. The maximum Gasteiger partial charge on any atom is 0.511 e. The van der Waals surface area contributed by atoms with E-state index < -0.39 is 17.5 Å². The molecule has 3 aliphatic rings. The predicted octanol–water partition coefficient (Wildman–Crippen LogP) is 2.23. The normalized spacial score (nSPS) is 24.0. The summed E-state index contributed by atoms with van der Waals surface area (Å²) in [5.41, 5.74) is 2.15. The van der Waals surface area contributed by atoms with Gasteiger partial charge < -0.3 is 20.1 Å². The van der Waals surface area contributed by atoms with Crippen molar-refractivity contribution in [3.63, 3.8) is 0 Å². The highest BCUT2D eigenvalue weighted by molar-refractivity contribution is 5.75. The van der Waals surface area contributed by atoms with Crippen LogP contribution >= 0.6 is 0 Å². The molecule has 8 heteroatoms. The summed E-state index contributed by atoms with van der Waals surface area (Å²) < 4.78 is 21.0. The molecule has 0 unspecified atom stereocenters. The lowest BCUT2D eigenvalue weighted by Gasteiger charge is -2.32. The molecule has 0 aromatic carbocycles. The second-order valence-corrected chi connectivity index (χ2v) is 7.73. The molecule has 0 radical (unpaired) electrons. The van der Waals surface area contributed by atoms with E-state index in [1.165, 1.54) is 16.7 Å². The molecule has 27 heavy (non-hydrogen) atoms. The van der Waals surface area contributed by atoms with Gasteiger partial charge in [0.05, 0.1) is 17.4 Å². The Morgan fingerprint density at radius 1 is 1.41 bits per heavy atom. The number of fused-ring (bicyclic) bond motifs is 3. The van der Waals surface area contributed by atoms with Crippen LogP contribution in [0.5, 0.6) is 5.75 Å². The van der Waals surface area contributed by atoms with E-state index in [9.17, 15) is 9.59 Å². The number of hydrogen-bond acceptors (Lipinski definition) is 5. The van der Waals surface area contributed by atoms with Crippen LogP contribution in [0.25, 0.3) is 5.52 Å². The molecule has 5 rings (SSSR count). The molecule has 1 saturated carbocycles. The highest BCUT2D eigenvalue weighted by Gasteiger charge is 2.40. The van der Waals surface area contributed by atoms with E-state index in [1.54, 1.807) is 0 Å². The van der Waals surface area contributed by atoms with E-state index >= 15 is 4.39 Å². The van der Waals surface area contributed by atoms with Gasteiger partial charge in [-0.05, 0) is 49.3 Å². The van der Waals surface area contributed by atoms with Crippen LogP contribution < -0.4 is 20.5 Å². The molecule has 7 nitrogen and oxygen atoms in total. The number of rotatable bonds is 3. The second kappa shape index (κ2) is 5.69. The molecule has 3 fully saturated rings. The Morgan fingerprint density at radius 2 is 2.19 bits per heavy atom. The zero-order valence-electron chi connectivity index (χ0n) is 14.9. The number of aryl methyl sites for hydroxylation is 1. The largest absolute Gasteiger partial charge is 0.511 e. The third-order valence-corrected chi connectivity index (χ3v) is 5.97. The number of piperazine rings is 1. The van der Waals surface area contributed by atoms with Crippen LogP contribution in [0.2, 0.25) is 0 Å². The minimum Gasteiger partial charge on any atom is -0.449 e. The van der Waals surface area contributed by atoms with Crippen LogP contribution in [-0.2, 0) is 0 Å². The van der Waals surface area contributed by atoms with Gasteiger partial charge in [-0.2, -0.15) is 0 Å². The lowest BCUT2D eigenvalue weighted by Crippen LogP contribution is -2.44. The Hall–Kier alpha value is -2.61. The average molecular weight is 373 g/mol. The van der Waals surface area contributed by atoms with Crippen molar-refractivity contribution in [1.29, 1.82) is 0 Å². The molecule has 2 N–H and O–H groups in total. The molecule has 2 atom stereocenters. The first kappa shape index (κ1) is 16.6. The minimum atomic E-state index is -1.55. The molecule has 0 amide bonds. The topological polar surface area (TPSA) is 83.3 Å². The van der Waals surface area contributed by atoms with E-state index in [2.05, 4.69) is 15.0 Å². The Morgan fingerprint density at radius 3 is 2.78 bits per heavy atom. The van der Waals surface area contributed by atoms with E-state index in [-0.39, 0.29) is 17.7 Å². The number of nitrogens with zero attached hydrogens (tertiary/aromatic N) is 2. The van der Waals surface area contributed by atoms with Crippen LogP contribution in [0.3, 0.4) is 0 Å². The highest BCUT2D eigenvalue weighted by atomic mass is 19.1. The van der Waals surface area contributed by atoms with E-state index in [0.29, 0.717) is 17.2 Å². The molecule has 2 bridgehead atoms. The van der Waals surface area contributed by atoms with Crippen molar-refractivity contribution in [2.24, 2.45) is 0 Å². The number of anilines is 1. The summed E-state index contributed by atoms with van der Waals surface area (Å²) in [6.07, 6.45) is 2.55. The third-order valence-electron chi connectivity index (χ3n) is 5.97. The fourth-order valence-electron chi connectivity index (χ4n) is 4.68. The lowest BCUT2D eigenvalue weighted by molar-refractivity contribution is 0.143. The van der Waals surface area contributed by atoms with E-state index in [4.69, 9.17) is 5.11 Å². The van der Waals surface area contributed by atoms with Crippen molar-refractivity contribution in [2.75, 3.05) is 18.0 Å². The maximum absolute atomic E-state index is 15.1. The van der Waals surface area contributed by atoms with Gasteiger partial charge in [-0.1, -0.05) is 0 Å². The fourth-order valence-corrected chi connectivity index (χ4v) is 4.68. The SMILES string of the molecule is Cc1c(N2C[C@@H]3C[C@H]2CN3)c(F)cn2c(=O)c(OC(=O)O)cc(C3CC3)c12. The summed E-state index contributed by atoms with van der Waals surface area (Å²) >= 11 is 0. The first-order chi connectivity index (χ1) is 12.9. The van der Waals surface area contributed by atoms with Gasteiger partial charge in [0.15, 0.2) is 11.6 Å². The van der Waals surface area contributed by atoms with Crippen LogP contribution in [0.1, 0.15) is 36.3 Å². The molecular weight excluding hydrogens is 353 g/mol. The van der Waals surface area contributed by atoms with Crippen molar-refractivity contribution >= 4 is 17.4 Å². The summed E-state index contributed by atoms with van der Waals surface area (Å²) in [6, 6.07) is 2.16. The second-order valence-electron chi connectivity index (χ2n) is 7.73. The van der Waals surface area contributed by atoms with Crippen LogP contribution in [0, 0.1) is 12.7 Å². The average Bonchev–Trinajstić information content (AvgIpc) is 3.24.